The van der Waals surface area contributed by atoms with Crippen LogP contribution in [0.5, 0.6) is 11.5 Å². The molecule has 0 unspecified atom stereocenters. The molecule has 0 aliphatic heterocycles. The number of carboxylic acids is 1. The zero-order valence-electron chi connectivity index (χ0n) is 11.3. The van der Waals surface area contributed by atoms with Gasteiger partial charge < -0.3 is 14.6 Å². The van der Waals surface area contributed by atoms with Crippen LogP contribution < -0.4 is 9.47 Å². The van der Waals surface area contributed by atoms with Crippen LogP contribution in [0.2, 0.25) is 0 Å². The number of carbonyl (C=O) groups excluding carboxylic acids is 1. The Hall–Kier alpha value is -2.04. The second kappa shape index (κ2) is 6.22. The Bertz CT molecular complexity index is 447. The van der Waals surface area contributed by atoms with Gasteiger partial charge in [0.05, 0.1) is 5.41 Å². The lowest BCUT2D eigenvalue weighted by molar-refractivity contribution is -0.144. The van der Waals surface area contributed by atoms with Crippen molar-refractivity contribution in [1.29, 1.82) is 0 Å². The average Bonchev–Trinajstić information content (AvgIpc) is 2.37. The van der Waals surface area contributed by atoms with Gasteiger partial charge in [-0.05, 0) is 44.5 Å². The lowest BCUT2D eigenvalue weighted by Crippen LogP contribution is -2.28. The first-order valence-electron chi connectivity index (χ1n) is 6.02. The summed E-state index contributed by atoms with van der Waals surface area (Å²) in [6.07, 6.45) is 0.686. The van der Waals surface area contributed by atoms with Gasteiger partial charge in [-0.15, -0.1) is 0 Å². The summed E-state index contributed by atoms with van der Waals surface area (Å²) in [7, 11) is 0. The number of carboxylic acid groups (broad SMARTS) is 1. The van der Waals surface area contributed by atoms with Crippen molar-refractivity contribution >= 4 is 11.9 Å². The minimum atomic E-state index is -1.04. The summed E-state index contributed by atoms with van der Waals surface area (Å²) in [4.78, 5) is 22.2. The van der Waals surface area contributed by atoms with Crippen molar-refractivity contribution in [3.05, 3.63) is 24.3 Å². The molecule has 0 heterocycles. The maximum absolute atomic E-state index is 11.8. The molecule has 0 bridgehead atoms. The maximum Gasteiger partial charge on any atom is 0.341 e. The molecule has 0 aliphatic carbocycles. The first-order valence-corrected chi connectivity index (χ1v) is 6.02. The summed E-state index contributed by atoms with van der Waals surface area (Å²) in [6.45, 7) is 5.16. The molecule has 19 heavy (non-hydrogen) atoms. The lowest BCUT2D eigenvalue weighted by Gasteiger charge is -2.20. The van der Waals surface area contributed by atoms with E-state index >= 15 is 0 Å². The third-order valence-electron chi connectivity index (χ3n) is 2.83. The topological polar surface area (TPSA) is 72.8 Å². The monoisotopic (exact) mass is 266 g/mol. The second-order valence-electron chi connectivity index (χ2n) is 4.78. The maximum atomic E-state index is 11.8. The van der Waals surface area contributed by atoms with E-state index in [9.17, 15) is 9.59 Å². The Balaban J connectivity index is 2.62. The van der Waals surface area contributed by atoms with Gasteiger partial charge in [0.15, 0.2) is 6.61 Å². The van der Waals surface area contributed by atoms with Gasteiger partial charge in [0, 0.05) is 0 Å². The van der Waals surface area contributed by atoms with Crippen LogP contribution in [0, 0.1) is 5.41 Å². The fourth-order valence-electron chi connectivity index (χ4n) is 1.14. The normalized spacial score (nSPS) is 10.9. The van der Waals surface area contributed by atoms with Crippen molar-refractivity contribution in [2.24, 2.45) is 5.41 Å². The molecule has 1 rings (SSSR count). The largest absolute Gasteiger partial charge is 0.482 e. The number of hydrogen-bond donors (Lipinski definition) is 1. The van der Waals surface area contributed by atoms with Crippen LogP contribution in [-0.4, -0.2) is 23.7 Å². The van der Waals surface area contributed by atoms with Crippen LogP contribution in [0.1, 0.15) is 27.2 Å². The van der Waals surface area contributed by atoms with E-state index in [1.165, 1.54) is 0 Å². The van der Waals surface area contributed by atoms with E-state index < -0.39 is 18.0 Å². The second-order valence-corrected chi connectivity index (χ2v) is 4.78. The molecule has 0 amide bonds. The molecule has 0 atom stereocenters. The van der Waals surface area contributed by atoms with E-state index in [1.54, 1.807) is 24.3 Å². The zero-order valence-corrected chi connectivity index (χ0v) is 11.3. The average molecular weight is 266 g/mol. The van der Waals surface area contributed by atoms with E-state index in [1.807, 2.05) is 20.8 Å². The molecule has 5 heteroatoms. The van der Waals surface area contributed by atoms with Crippen LogP contribution in [0.4, 0.5) is 0 Å². The molecule has 1 N–H and O–H groups in total. The third-order valence-corrected chi connectivity index (χ3v) is 2.83. The van der Waals surface area contributed by atoms with Gasteiger partial charge in [0.1, 0.15) is 11.5 Å². The molecule has 0 saturated heterocycles. The van der Waals surface area contributed by atoms with Crippen LogP contribution in [0.3, 0.4) is 0 Å². The summed E-state index contributed by atoms with van der Waals surface area (Å²) in [5.74, 6) is -0.513. The van der Waals surface area contributed by atoms with Crippen molar-refractivity contribution in [2.75, 3.05) is 6.61 Å². The van der Waals surface area contributed by atoms with Crippen LogP contribution >= 0.6 is 0 Å². The number of hydrogen-bond acceptors (Lipinski definition) is 4. The fourth-order valence-corrected chi connectivity index (χ4v) is 1.14. The fraction of sp³-hybridized carbons (Fsp3) is 0.429. The van der Waals surface area contributed by atoms with E-state index in [4.69, 9.17) is 14.6 Å². The van der Waals surface area contributed by atoms with Crippen molar-refractivity contribution in [1.82, 2.24) is 0 Å². The van der Waals surface area contributed by atoms with Crippen molar-refractivity contribution in [3.8, 4) is 11.5 Å². The number of carbonyl (C=O) groups is 2. The molecule has 0 aliphatic rings. The molecule has 104 valence electrons. The summed E-state index contributed by atoms with van der Waals surface area (Å²) in [6, 6.07) is 6.26. The Morgan fingerprint density at radius 1 is 1.16 bits per heavy atom. The Labute approximate surface area is 112 Å². The van der Waals surface area contributed by atoms with Gasteiger partial charge in [0.25, 0.3) is 0 Å². The molecule has 0 fully saturated rings. The third kappa shape index (κ3) is 4.62. The van der Waals surface area contributed by atoms with Crippen molar-refractivity contribution in [3.63, 3.8) is 0 Å². The van der Waals surface area contributed by atoms with Gasteiger partial charge in [-0.1, -0.05) is 6.92 Å². The molecular weight excluding hydrogens is 248 g/mol. The minimum Gasteiger partial charge on any atom is -0.482 e. The summed E-state index contributed by atoms with van der Waals surface area (Å²) in [5, 5.41) is 8.47. The van der Waals surface area contributed by atoms with Crippen LogP contribution in [0.25, 0.3) is 0 Å². The van der Waals surface area contributed by atoms with E-state index in [2.05, 4.69) is 0 Å². The standard InChI is InChI=1S/C14H18O5/c1-4-14(2,3)13(17)19-11-7-5-10(6-8-11)18-9-12(15)16/h5-8H,4,9H2,1-3H3,(H,15,16). The molecular formula is C14H18O5. The van der Waals surface area contributed by atoms with Gasteiger partial charge in [-0.25, -0.2) is 4.79 Å². The zero-order chi connectivity index (χ0) is 14.5. The highest BCUT2D eigenvalue weighted by molar-refractivity contribution is 5.78. The van der Waals surface area contributed by atoms with Crippen molar-refractivity contribution < 1.29 is 24.2 Å². The van der Waals surface area contributed by atoms with E-state index in [-0.39, 0.29) is 5.97 Å². The number of esters is 1. The highest BCUT2D eigenvalue weighted by Gasteiger charge is 2.27. The Morgan fingerprint density at radius 3 is 2.16 bits per heavy atom. The molecule has 5 nitrogen and oxygen atoms in total. The number of rotatable bonds is 6. The quantitative estimate of drug-likeness (QED) is 0.632. The highest BCUT2D eigenvalue weighted by Crippen LogP contribution is 2.24. The first kappa shape index (κ1) is 15.0. The molecule has 0 spiro atoms. The predicted molar refractivity (Wildman–Crippen MR) is 69.3 cm³/mol. The number of ether oxygens (including phenoxy) is 2. The summed E-state index contributed by atoms with van der Waals surface area (Å²) in [5.41, 5.74) is -0.529. The minimum absolute atomic E-state index is 0.297. The lowest BCUT2D eigenvalue weighted by atomic mass is 9.91. The summed E-state index contributed by atoms with van der Waals surface area (Å²) < 4.78 is 10.2. The summed E-state index contributed by atoms with van der Waals surface area (Å²) >= 11 is 0. The molecule has 0 aromatic heterocycles. The molecule has 0 saturated carbocycles. The van der Waals surface area contributed by atoms with E-state index in [0.717, 1.165) is 0 Å². The smallest absolute Gasteiger partial charge is 0.341 e. The van der Waals surface area contributed by atoms with Crippen LogP contribution in [-0.2, 0) is 9.59 Å². The van der Waals surface area contributed by atoms with Gasteiger partial charge in [0.2, 0.25) is 0 Å². The molecule has 0 radical (unpaired) electrons. The molecule has 1 aromatic carbocycles. The first-order chi connectivity index (χ1) is 8.85. The van der Waals surface area contributed by atoms with Crippen LogP contribution in [0.15, 0.2) is 24.3 Å². The van der Waals surface area contributed by atoms with Gasteiger partial charge in [-0.2, -0.15) is 0 Å². The number of benzene rings is 1. The Kier molecular flexibility index (Phi) is 4.92. The van der Waals surface area contributed by atoms with Gasteiger partial charge >= 0.3 is 11.9 Å². The highest BCUT2D eigenvalue weighted by atomic mass is 16.5. The van der Waals surface area contributed by atoms with Gasteiger partial charge in [-0.3, -0.25) is 4.79 Å². The Morgan fingerprint density at radius 2 is 1.68 bits per heavy atom. The number of aliphatic carboxylic acids is 1. The van der Waals surface area contributed by atoms with E-state index in [0.29, 0.717) is 17.9 Å². The molecule has 1 aromatic rings. The SMILES string of the molecule is CCC(C)(C)C(=O)Oc1ccc(OCC(=O)O)cc1. The van der Waals surface area contributed by atoms with Crippen molar-refractivity contribution in [2.45, 2.75) is 27.2 Å². The predicted octanol–water partition coefficient (Wildman–Crippen LogP) is 2.49.